The molecule has 1 aromatic carbocycles. The van der Waals surface area contributed by atoms with Crippen LogP contribution in [0, 0.1) is 11.8 Å². The molecular weight excluding hydrogens is 296 g/mol. The highest BCUT2D eigenvalue weighted by atomic mass is 35.5. The fourth-order valence-electron chi connectivity index (χ4n) is 3.33. The standard InChI is InChI=1S/C18H27ClN2O/c1-13-5-4-6-17(14(13)2)20-18(22)12-21(3)11-15-7-9-16(19)10-8-15/h7-10,13-14,17H,4-6,11-12H2,1-3H3,(H,20,22)/p+1/t13-,14-,17+/m1/s1. The predicted octanol–water partition coefficient (Wildman–Crippen LogP) is 2.30. The molecule has 122 valence electrons. The second kappa shape index (κ2) is 7.98. The number of quaternary nitrogens is 1. The van der Waals surface area contributed by atoms with Crippen LogP contribution in [0.3, 0.4) is 0 Å². The molecule has 4 atom stereocenters. The van der Waals surface area contributed by atoms with Crippen LogP contribution >= 0.6 is 11.6 Å². The maximum absolute atomic E-state index is 12.3. The highest BCUT2D eigenvalue weighted by molar-refractivity contribution is 6.30. The number of benzene rings is 1. The van der Waals surface area contributed by atoms with Crippen LogP contribution in [0.4, 0.5) is 0 Å². The molecule has 1 aliphatic rings. The van der Waals surface area contributed by atoms with Crippen LogP contribution in [-0.2, 0) is 11.3 Å². The van der Waals surface area contributed by atoms with Gasteiger partial charge in [0.1, 0.15) is 6.54 Å². The highest BCUT2D eigenvalue weighted by Gasteiger charge is 2.28. The Morgan fingerprint density at radius 2 is 1.95 bits per heavy atom. The third-order valence-corrected chi connectivity index (χ3v) is 5.19. The van der Waals surface area contributed by atoms with E-state index >= 15 is 0 Å². The summed E-state index contributed by atoms with van der Waals surface area (Å²) in [5, 5.41) is 3.99. The average Bonchev–Trinajstić information content (AvgIpc) is 2.46. The third-order valence-electron chi connectivity index (χ3n) is 4.93. The molecule has 0 bridgehead atoms. The van der Waals surface area contributed by atoms with Crippen molar-refractivity contribution >= 4 is 17.5 Å². The van der Waals surface area contributed by atoms with E-state index in [9.17, 15) is 4.79 Å². The maximum atomic E-state index is 12.3. The average molecular weight is 324 g/mol. The van der Waals surface area contributed by atoms with Crippen molar-refractivity contribution in [3.63, 3.8) is 0 Å². The molecule has 0 spiro atoms. The Morgan fingerprint density at radius 3 is 2.64 bits per heavy atom. The molecule has 1 fully saturated rings. The van der Waals surface area contributed by atoms with Crippen LogP contribution < -0.4 is 10.2 Å². The number of hydrogen-bond donors (Lipinski definition) is 2. The van der Waals surface area contributed by atoms with Gasteiger partial charge in [0.25, 0.3) is 5.91 Å². The summed E-state index contributed by atoms with van der Waals surface area (Å²) in [5.41, 5.74) is 1.20. The molecule has 4 heteroatoms. The number of halogens is 1. The van der Waals surface area contributed by atoms with E-state index in [4.69, 9.17) is 11.6 Å². The SMILES string of the molecule is C[C@@H]1[C@H](C)CCC[C@@H]1NC(=O)C[NH+](C)Cc1ccc(Cl)cc1. The fourth-order valence-corrected chi connectivity index (χ4v) is 3.46. The van der Waals surface area contributed by atoms with Crippen molar-refractivity contribution in [2.45, 2.75) is 45.7 Å². The summed E-state index contributed by atoms with van der Waals surface area (Å²) in [6, 6.07) is 8.19. The van der Waals surface area contributed by atoms with Crippen molar-refractivity contribution in [2.75, 3.05) is 13.6 Å². The second-order valence-corrected chi connectivity index (χ2v) is 7.31. The minimum atomic E-state index is 0.164. The first-order valence-electron chi connectivity index (χ1n) is 8.31. The summed E-state index contributed by atoms with van der Waals surface area (Å²) < 4.78 is 0. The van der Waals surface area contributed by atoms with Gasteiger partial charge in [0.2, 0.25) is 0 Å². The largest absolute Gasteiger partial charge is 0.348 e. The number of nitrogens with one attached hydrogen (secondary N) is 2. The van der Waals surface area contributed by atoms with Crippen molar-refractivity contribution in [1.29, 1.82) is 0 Å². The normalized spacial score (nSPS) is 26.5. The topological polar surface area (TPSA) is 33.5 Å². The monoisotopic (exact) mass is 323 g/mol. The number of carbonyl (C=O) groups excluding carboxylic acids is 1. The van der Waals surface area contributed by atoms with Gasteiger partial charge in [0.15, 0.2) is 6.54 Å². The fraction of sp³-hybridized carbons (Fsp3) is 0.611. The number of hydrogen-bond acceptors (Lipinski definition) is 1. The van der Waals surface area contributed by atoms with E-state index < -0.39 is 0 Å². The van der Waals surface area contributed by atoms with E-state index in [1.54, 1.807) is 0 Å². The first kappa shape index (κ1) is 17.3. The number of likely N-dealkylation sites (N-methyl/N-ethyl adjacent to an activating group) is 1. The zero-order chi connectivity index (χ0) is 16.1. The van der Waals surface area contributed by atoms with Gasteiger partial charge in [-0.15, -0.1) is 0 Å². The highest BCUT2D eigenvalue weighted by Crippen LogP contribution is 2.29. The molecule has 1 amide bonds. The van der Waals surface area contributed by atoms with Gasteiger partial charge in [-0.3, -0.25) is 4.79 Å². The van der Waals surface area contributed by atoms with Gasteiger partial charge in [-0.05, 0) is 30.4 Å². The lowest BCUT2D eigenvalue weighted by molar-refractivity contribution is -0.885. The first-order chi connectivity index (χ1) is 10.5. The molecule has 3 nitrogen and oxygen atoms in total. The van der Waals surface area contributed by atoms with Gasteiger partial charge in [-0.25, -0.2) is 0 Å². The Hall–Kier alpha value is -1.06. The summed E-state index contributed by atoms with van der Waals surface area (Å²) in [7, 11) is 2.06. The molecule has 0 radical (unpaired) electrons. The number of carbonyl (C=O) groups is 1. The van der Waals surface area contributed by atoms with Gasteiger partial charge in [0.05, 0.1) is 7.05 Å². The van der Waals surface area contributed by atoms with Gasteiger partial charge in [-0.2, -0.15) is 0 Å². The van der Waals surface area contributed by atoms with Crippen molar-refractivity contribution in [2.24, 2.45) is 11.8 Å². The van der Waals surface area contributed by atoms with Crippen molar-refractivity contribution in [1.82, 2.24) is 5.32 Å². The summed E-state index contributed by atoms with van der Waals surface area (Å²) >= 11 is 5.90. The minimum absolute atomic E-state index is 0.164. The van der Waals surface area contributed by atoms with Crippen LogP contribution in [0.15, 0.2) is 24.3 Å². The first-order valence-corrected chi connectivity index (χ1v) is 8.68. The van der Waals surface area contributed by atoms with E-state index in [1.807, 2.05) is 24.3 Å². The van der Waals surface area contributed by atoms with E-state index in [2.05, 4.69) is 26.2 Å². The summed E-state index contributed by atoms with van der Waals surface area (Å²) in [6.45, 7) is 5.90. The Bertz CT molecular complexity index is 488. The molecule has 0 aliphatic heterocycles. The summed E-state index contributed by atoms with van der Waals surface area (Å²) in [4.78, 5) is 13.5. The van der Waals surface area contributed by atoms with Crippen LogP contribution in [-0.4, -0.2) is 25.5 Å². The van der Waals surface area contributed by atoms with Crippen molar-refractivity contribution in [3.05, 3.63) is 34.9 Å². The minimum Gasteiger partial charge on any atom is -0.348 e. The molecule has 0 heterocycles. The molecule has 0 aromatic heterocycles. The van der Waals surface area contributed by atoms with E-state index in [1.165, 1.54) is 23.3 Å². The van der Waals surface area contributed by atoms with Crippen LogP contribution in [0.1, 0.15) is 38.7 Å². The Labute approximate surface area is 139 Å². The van der Waals surface area contributed by atoms with Gasteiger partial charge in [-0.1, -0.05) is 50.4 Å². The van der Waals surface area contributed by atoms with Crippen LogP contribution in [0.5, 0.6) is 0 Å². The lowest BCUT2D eigenvalue weighted by atomic mass is 9.78. The summed E-state index contributed by atoms with van der Waals surface area (Å²) in [5.74, 6) is 1.45. The molecule has 1 saturated carbocycles. The van der Waals surface area contributed by atoms with E-state index in [0.29, 0.717) is 24.4 Å². The predicted molar refractivity (Wildman–Crippen MR) is 91.0 cm³/mol. The van der Waals surface area contributed by atoms with Gasteiger partial charge < -0.3 is 10.2 Å². The Balaban J connectivity index is 1.79. The quantitative estimate of drug-likeness (QED) is 0.856. The molecule has 2 N–H and O–H groups in total. The molecule has 22 heavy (non-hydrogen) atoms. The second-order valence-electron chi connectivity index (χ2n) is 6.88. The molecule has 1 aromatic rings. The molecule has 2 rings (SSSR count). The molecular formula is C18H28ClN2O+. The molecule has 0 saturated heterocycles. The maximum Gasteiger partial charge on any atom is 0.275 e. The zero-order valence-electron chi connectivity index (χ0n) is 13.9. The third kappa shape index (κ3) is 4.99. The Kier molecular flexibility index (Phi) is 6.27. The van der Waals surface area contributed by atoms with E-state index in [0.717, 1.165) is 18.0 Å². The number of amides is 1. The van der Waals surface area contributed by atoms with Gasteiger partial charge in [0, 0.05) is 16.6 Å². The molecule has 1 unspecified atom stereocenters. The lowest BCUT2D eigenvalue weighted by Crippen LogP contribution is -3.09. The molecule has 1 aliphatic carbocycles. The van der Waals surface area contributed by atoms with E-state index in [-0.39, 0.29) is 5.91 Å². The Morgan fingerprint density at radius 1 is 1.27 bits per heavy atom. The zero-order valence-corrected chi connectivity index (χ0v) is 14.6. The van der Waals surface area contributed by atoms with Crippen molar-refractivity contribution in [3.8, 4) is 0 Å². The van der Waals surface area contributed by atoms with Crippen molar-refractivity contribution < 1.29 is 9.69 Å². The van der Waals surface area contributed by atoms with Crippen LogP contribution in [0.2, 0.25) is 5.02 Å². The van der Waals surface area contributed by atoms with Crippen LogP contribution in [0.25, 0.3) is 0 Å². The lowest BCUT2D eigenvalue weighted by Gasteiger charge is -2.34. The number of rotatable bonds is 5. The smallest absolute Gasteiger partial charge is 0.275 e. The summed E-state index contributed by atoms with van der Waals surface area (Å²) in [6.07, 6.45) is 3.63. The van der Waals surface area contributed by atoms with Gasteiger partial charge >= 0.3 is 0 Å².